The van der Waals surface area contributed by atoms with Gasteiger partial charge in [0.1, 0.15) is 11.0 Å². The van der Waals surface area contributed by atoms with Crippen molar-refractivity contribution < 1.29 is 18.3 Å². The molecule has 1 aromatic rings. The second kappa shape index (κ2) is 6.36. The third-order valence-corrected chi connectivity index (χ3v) is 4.04. The Balaban J connectivity index is 2.10. The number of hydrogen-bond donors (Lipinski definition) is 2. The van der Waals surface area contributed by atoms with Gasteiger partial charge in [-0.1, -0.05) is 30.9 Å². The molecule has 0 radical (unpaired) electrons. The minimum atomic E-state index is -4.64. The molecule has 2 rings (SSSR count). The van der Waals surface area contributed by atoms with E-state index in [1.54, 1.807) is 0 Å². The van der Waals surface area contributed by atoms with Crippen molar-refractivity contribution in [1.29, 1.82) is 0 Å². The topological polar surface area (TPSA) is 58.0 Å². The molecule has 8 heteroatoms. The standard InChI is InChI=1S/C13H17ClF3N3O/c14-9-6-10(20-11(19-9)13(15,16)17)18-7-12(8-21)4-2-1-3-5-12/h6,21H,1-5,7-8H2,(H,18,19,20). The average Bonchev–Trinajstić information content (AvgIpc) is 2.45. The molecule has 0 amide bonds. The largest absolute Gasteiger partial charge is 0.451 e. The highest BCUT2D eigenvalue weighted by atomic mass is 35.5. The first kappa shape index (κ1) is 16.3. The lowest BCUT2D eigenvalue weighted by molar-refractivity contribution is -0.144. The Morgan fingerprint density at radius 1 is 1.24 bits per heavy atom. The third kappa shape index (κ3) is 4.20. The number of aliphatic hydroxyl groups is 1. The fraction of sp³-hybridized carbons (Fsp3) is 0.692. The van der Waals surface area contributed by atoms with Crippen LogP contribution < -0.4 is 5.32 Å². The molecule has 21 heavy (non-hydrogen) atoms. The molecule has 0 aromatic carbocycles. The second-order valence-corrected chi connectivity index (χ2v) is 5.86. The van der Waals surface area contributed by atoms with Crippen molar-refractivity contribution in [3.8, 4) is 0 Å². The quantitative estimate of drug-likeness (QED) is 0.833. The Hall–Kier alpha value is -1.08. The van der Waals surface area contributed by atoms with Gasteiger partial charge in [-0.3, -0.25) is 0 Å². The van der Waals surface area contributed by atoms with Gasteiger partial charge in [-0.15, -0.1) is 0 Å². The first-order valence-electron chi connectivity index (χ1n) is 6.81. The Kier molecular flexibility index (Phi) is 4.93. The van der Waals surface area contributed by atoms with E-state index in [9.17, 15) is 18.3 Å². The van der Waals surface area contributed by atoms with Crippen LogP contribution in [0.3, 0.4) is 0 Å². The highest BCUT2D eigenvalue weighted by Gasteiger charge is 2.36. The lowest BCUT2D eigenvalue weighted by Gasteiger charge is -2.35. The van der Waals surface area contributed by atoms with Crippen LogP contribution in [0.15, 0.2) is 6.07 Å². The summed E-state index contributed by atoms with van der Waals surface area (Å²) < 4.78 is 37.9. The van der Waals surface area contributed by atoms with E-state index in [0.717, 1.165) is 32.1 Å². The van der Waals surface area contributed by atoms with Gasteiger partial charge in [0, 0.05) is 18.0 Å². The zero-order valence-electron chi connectivity index (χ0n) is 11.4. The molecule has 1 aromatic heterocycles. The van der Waals surface area contributed by atoms with Gasteiger partial charge in [-0.2, -0.15) is 13.2 Å². The summed E-state index contributed by atoms with van der Waals surface area (Å²) in [6, 6.07) is 1.25. The molecule has 0 unspecified atom stereocenters. The highest BCUT2D eigenvalue weighted by Crippen LogP contribution is 2.36. The molecule has 1 aliphatic carbocycles. The summed E-state index contributed by atoms with van der Waals surface area (Å²) in [6.45, 7) is 0.374. The van der Waals surface area contributed by atoms with Gasteiger partial charge in [-0.25, -0.2) is 9.97 Å². The number of nitrogens with zero attached hydrogens (tertiary/aromatic N) is 2. The number of anilines is 1. The number of nitrogens with one attached hydrogen (secondary N) is 1. The van der Waals surface area contributed by atoms with Crippen molar-refractivity contribution in [2.75, 3.05) is 18.5 Å². The molecule has 2 N–H and O–H groups in total. The molecule has 4 nitrogen and oxygen atoms in total. The number of aromatic nitrogens is 2. The predicted octanol–water partition coefficient (Wildman–Crippen LogP) is 3.50. The van der Waals surface area contributed by atoms with Crippen LogP contribution in [0, 0.1) is 5.41 Å². The van der Waals surface area contributed by atoms with Crippen LogP contribution in [-0.4, -0.2) is 28.2 Å². The summed E-state index contributed by atoms with van der Waals surface area (Å²) in [5.41, 5.74) is -0.298. The molecule has 0 bridgehead atoms. The summed E-state index contributed by atoms with van der Waals surface area (Å²) in [5, 5.41) is 12.2. The number of hydrogen-bond acceptors (Lipinski definition) is 4. The summed E-state index contributed by atoms with van der Waals surface area (Å²) in [6.07, 6.45) is 0.212. The lowest BCUT2D eigenvalue weighted by Crippen LogP contribution is -2.35. The number of halogens is 4. The van der Waals surface area contributed by atoms with Gasteiger partial charge in [0.15, 0.2) is 0 Å². The molecule has 1 saturated carbocycles. The summed E-state index contributed by atoms with van der Waals surface area (Å²) in [7, 11) is 0. The monoisotopic (exact) mass is 323 g/mol. The Bertz CT molecular complexity index is 490. The van der Waals surface area contributed by atoms with E-state index in [0.29, 0.717) is 6.54 Å². The van der Waals surface area contributed by atoms with Crippen LogP contribution in [0.1, 0.15) is 37.9 Å². The molecule has 0 aliphatic heterocycles. The first-order chi connectivity index (χ1) is 9.85. The van der Waals surface area contributed by atoms with Crippen LogP contribution in [-0.2, 0) is 6.18 Å². The summed E-state index contributed by atoms with van der Waals surface area (Å²) >= 11 is 5.61. The second-order valence-electron chi connectivity index (χ2n) is 5.47. The van der Waals surface area contributed by atoms with Crippen molar-refractivity contribution in [2.24, 2.45) is 5.41 Å². The fourth-order valence-corrected chi connectivity index (χ4v) is 2.79. The minimum Gasteiger partial charge on any atom is -0.396 e. The zero-order valence-corrected chi connectivity index (χ0v) is 12.1. The summed E-state index contributed by atoms with van der Waals surface area (Å²) in [4.78, 5) is 6.62. The molecule has 1 heterocycles. The van der Waals surface area contributed by atoms with Crippen LogP contribution in [0.25, 0.3) is 0 Å². The van der Waals surface area contributed by atoms with E-state index in [2.05, 4.69) is 15.3 Å². The van der Waals surface area contributed by atoms with E-state index < -0.39 is 12.0 Å². The van der Waals surface area contributed by atoms with Gasteiger partial charge in [0.05, 0.1) is 6.61 Å². The molecule has 0 spiro atoms. The van der Waals surface area contributed by atoms with Crippen LogP contribution in [0.5, 0.6) is 0 Å². The lowest BCUT2D eigenvalue weighted by atomic mass is 9.74. The van der Waals surface area contributed by atoms with Gasteiger partial charge >= 0.3 is 6.18 Å². The first-order valence-corrected chi connectivity index (χ1v) is 7.19. The molecular weight excluding hydrogens is 307 g/mol. The van der Waals surface area contributed by atoms with Crippen molar-refractivity contribution in [3.63, 3.8) is 0 Å². The van der Waals surface area contributed by atoms with Gasteiger partial charge in [-0.05, 0) is 12.8 Å². The Morgan fingerprint density at radius 3 is 2.48 bits per heavy atom. The number of rotatable bonds is 4. The molecular formula is C13H17ClF3N3O. The van der Waals surface area contributed by atoms with Gasteiger partial charge in [0.25, 0.3) is 0 Å². The maximum absolute atomic E-state index is 12.6. The normalized spacial score (nSPS) is 18.5. The Labute approximate surface area is 125 Å². The average molecular weight is 324 g/mol. The van der Waals surface area contributed by atoms with Crippen molar-refractivity contribution in [1.82, 2.24) is 9.97 Å². The van der Waals surface area contributed by atoms with Gasteiger partial charge < -0.3 is 10.4 Å². The third-order valence-electron chi connectivity index (χ3n) is 3.84. The van der Waals surface area contributed by atoms with Crippen molar-refractivity contribution in [3.05, 3.63) is 17.0 Å². The predicted molar refractivity (Wildman–Crippen MR) is 73.1 cm³/mol. The molecule has 0 atom stereocenters. The molecule has 0 saturated heterocycles. The maximum Gasteiger partial charge on any atom is 0.451 e. The summed E-state index contributed by atoms with van der Waals surface area (Å²) in [5.74, 6) is -1.24. The maximum atomic E-state index is 12.6. The van der Waals surface area contributed by atoms with Crippen molar-refractivity contribution in [2.45, 2.75) is 38.3 Å². The minimum absolute atomic E-state index is 0.00490. The van der Waals surface area contributed by atoms with Crippen LogP contribution >= 0.6 is 11.6 Å². The molecule has 1 fully saturated rings. The van der Waals surface area contributed by atoms with Crippen molar-refractivity contribution >= 4 is 17.4 Å². The van der Waals surface area contributed by atoms with E-state index in [1.165, 1.54) is 6.07 Å². The number of aliphatic hydroxyl groups excluding tert-OH is 1. The Morgan fingerprint density at radius 2 is 1.90 bits per heavy atom. The SMILES string of the molecule is OCC1(CNc2cc(Cl)nc(C(F)(F)F)n2)CCCCC1. The molecule has 118 valence electrons. The number of alkyl halides is 3. The van der Waals surface area contributed by atoms with Gasteiger partial charge in [0.2, 0.25) is 5.82 Å². The highest BCUT2D eigenvalue weighted by molar-refractivity contribution is 6.29. The van der Waals surface area contributed by atoms with Crippen LogP contribution in [0.2, 0.25) is 5.15 Å². The molecule has 1 aliphatic rings. The zero-order chi connectivity index (χ0) is 15.5. The van der Waals surface area contributed by atoms with E-state index >= 15 is 0 Å². The van der Waals surface area contributed by atoms with E-state index in [1.807, 2.05) is 0 Å². The smallest absolute Gasteiger partial charge is 0.396 e. The van der Waals surface area contributed by atoms with E-state index in [4.69, 9.17) is 11.6 Å². The fourth-order valence-electron chi connectivity index (χ4n) is 2.61. The van der Waals surface area contributed by atoms with E-state index in [-0.39, 0.29) is 23.0 Å². The van der Waals surface area contributed by atoms with Crippen LogP contribution in [0.4, 0.5) is 19.0 Å².